The minimum atomic E-state index is 0.672. The quantitative estimate of drug-likeness (QED) is 0.433. The highest BCUT2D eigenvalue weighted by atomic mass is 14.7. The lowest BCUT2D eigenvalue weighted by molar-refractivity contribution is 1.32. The molecule has 2 heteroatoms. The van der Waals surface area contributed by atoms with E-state index in [2.05, 4.69) is 49.2 Å². The third-order valence-corrected chi connectivity index (χ3v) is 4.39. The van der Waals surface area contributed by atoms with E-state index in [0.717, 1.165) is 32.8 Å². The van der Waals surface area contributed by atoms with Crippen LogP contribution in [0.2, 0.25) is 0 Å². The Kier molecular flexibility index (Phi) is 3.29. The highest BCUT2D eigenvalue weighted by Crippen LogP contribution is 2.34. The summed E-state index contributed by atoms with van der Waals surface area (Å²) in [7, 11) is 0. The smallest absolute Gasteiger partial charge is 0.0999 e. The van der Waals surface area contributed by atoms with Crippen LogP contribution in [0, 0.1) is 25.2 Å². The van der Waals surface area contributed by atoms with Gasteiger partial charge in [0.1, 0.15) is 0 Å². The van der Waals surface area contributed by atoms with E-state index >= 15 is 0 Å². The number of nitriles is 1. The molecule has 0 aliphatic rings. The van der Waals surface area contributed by atoms with Crippen molar-refractivity contribution in [2.75, 3.05) is 0 Å². The fourth-order valence-electron chi connectivity index (χ4n) is 3.47. The third kappa shape index (κ3) is 2.23. The topological polar surface area (TPSA) is 36.7 Å². The standard InChI is InChI=1S/C22H16N2/c1-14-9-15(2)11-17(10-14)22-21-18(13-23)12-16-5-3-4-6-19(16)20(21)7-8-24-22/h3-12H,1-2H3. The van der Waals surface area contributed by atoms with Gasteiger partial charge in [0, 0.05) is 17.1 Å². The van der Waals surface area contributed by atoms with Crippen LogP contribution < -0.4 is 0 Å². The number of aromatic nitrogens is 1. The van der Waals surface area contributed by atoms with Crippen molar-refractivity contribution in [1.82, 2.24) is 4.98 Å². The molecule has 0 fully saturated rings. The van der Waals surface area contributed by atoms with Crippen LogP contribution in [0.1, 0.15) is 16.7 Å². The number of hydrogen-bond acceptors (Lipinski definition) is 2. The maximum atomic E-state index is 9.70. The predicted octanol–water partition coefficient (Wildman–Crippen LogP) is 5.54. The molecule has 4 rings (SSSR count). The minimum absolute atomic E-state index is 0.672. The highest BCUT2D eigenvalue weighted by molar-refractivity contribution is 6.13. The second-order valence-electron chi connectivity index (χ2n) is 6.22. The third-order valence-electron chi connectivity index (χ3n) is 4.39. The largest absolute Gasteiger partial charge is 0.256 e. The van der Waals surface area contributed by atoms with Gasteiger partial charge in [-0.1, -0.05) is 41.5 Å². The number of nitrogens with zero attached hydrogens (tertiary/aromatic N) is 2. The summed E-state index contributed by atoms with van der Waals surface area (Å²) in [6, 6.07) is 20.9. The molecule has 4 aromatic rings. The second-order valence-corrected chi connectivity index (χ2v) is 6.22. The van der Waals surface area contributed by atoms with Crippen LogP contribution in [0.4, 0.5) is 0 Å². The van der Waals surface area contributed by atoms with Crippen LogP contribution in [-0.4, -0.2) is 4.98 Å². The maximum Gasteiger partial charge on any atom is 0.0999 e. The van der Waals surface area contributed by atoms with Crippen LogP contribution in [0.5, 0.6) is 0 Å². The first-order valence-corrected chi connectivity index (χ1v) is 7.96. The molecular weight excluding hydrogens is 292 g/mol. The summed E-state index contributed by atoms with van der Waals surface area (Å²) in [6.07, 6.45) is 1.84. The molecule has 0 bridgehead atoms. The summed E-state index contributed by atoms with van der Waals surface area (Å²) in [6.45, 7) is 4.17. The lowest BCUT2D eigenvalue weighted by Gasteiger charge is -2.11. The van der Waals surface area contributed by atoms with Gasteiger partial charge in [-0.05, 0) is 54.3 Å². The number of fused-ring (bicyclic) bond motifs is 3. The number of pyridine rings is 1. The Bertz CT molecular complexity index is 1110. The molecule has 3 aromatic carbocycles. The molecule has 114 valence electrons. The maximum absolute atomic E-state index is 9.70. The molecule has 0 aliphatic carbocycles. The van der Waals surface area contributed by atoms with E-state index in [-0.39, 0.29) is 0 Å². The molecule has 0 N–H and O–H groups in total. The normalized spacial score (nSPS) is 10.9. The van der Waals surface area contributed by atoms with Gasteiger partial charge >= 0.3 is 0 Å². The Balaban J connectivity index is 2.18. The van der Waals surface area contributed by atoms with Crippen molar-refractivity contribution in [2.24, 2.45) is 0 Å². The summed E-state index contributed by atoms with van der Waals surface area (Å²) in [5.74, 6) is 0. The minimum Gasteiger partial charge on any atom is -0.256 e. The highest BCUT2D eigenvalue weighted by Gasteiger charge is 2.13. The molecule has 0 aliphatic heterocycles. The molecule has 0 saturated heterocycles. The van der Waals surface area contributed by atoms with Gasteiger partial charge < -0.3 is 0 Å². The first kappa shape index (κ1) is 14.4. The first-order chi connectivity index (χ1) is 11.7. The number of hydrogen-bond donors (Lipinski definition) is 0. The molecule has 0 amide bonds. The van der Waals surface area contributed by atoms with E-state index in [9.17, 15) is 5.26 Å². The Morgan fingerprint density at radius 1 is 0.875 bits per heavy atom. The fourth-order valence-corrected chi connectivity index (χ4v) is 3.47. The van der Waals surface area contributed by atoms with Crippen LogP contribution in [0.15, 0.2) is 60.8 Å². The van der Waals surface area contributed by atoms with E-state index in [0.29, 0.717) is 5.56 Å². The molecule has 1 aromatic heterocycles. The first-order valence-electron chi connectivity index (χ1n) is 7.96. The van der Waals surface area contributed by atoms with Gasteiger partial charge in [-0.25, -0.2) is 0 Å². The molecular formula is C22H16N2. The van der Waals surface area contributed by atoms with E-state index < -0.39 is 0 Å². The van der Waals surface area contributed by atoms with Crippen molar-refractivity contribution in [3.05, 3.63) is 77.5 Å². The average Bonchev–Trinajstić information content (AvgIpc) is 2.59. The summed E-state index contributed by atoms with van der Waals surface area (Å²) in [5, 5.41) is 13.9. The lowest BCUT2D eigenvalue weighted by atomic mass is 9.94. The van der Waals surface area contributed by atoms with Crippen LogP contribution in [0.25, 0.3) is 32.8 Å². The van der Waals surface area contributed by atoms with E-state index in [4.69, 9.17) is 0 Å². The van der Waals surface area contributed by atoms with Crippen molar-refractivity contribution < 1.29 is 0 Å². The van der Waals surface area contributed by atoms with Gasteiger partial charge in [-0.15, -0.1) is 0 Å². The Labute approximate surface area is 141 Å². The lowest BCUT2D eigenvalue weighted by Crippen LogP contribution is -1.92. The SMILES string of the molecule is Cc1cc(C)cc(-c2nccc3c2c(C#N)cc2ccccc23)c1. The zero-order valence-corrected chi connectivity index (χ0v) is 13.7. The van der Waals surface area contributed by atoms with Crippen molar-refractivity contribution in [1.29, 1.82) is 5.26 Å². The van der Waals surface area contributed by atoms with Gasteiger partial charge in [-0.3, -0.25) is 4.98 Å². The molecule has 24 heavy (non-hydrogen) atoms. The predicted molar refractivity (Wildman–Crippen MR) is 98.9 cm³/mol. The van der Waals surface area contributed by atoms with Crippen molar-refractivity contribution in [2.45, 2.75) is 13.8 Å². The zero-order chi connectivity index (χ0) is 16.7. The van der Waals surface area contributed by atoms with Gasteiger partial charge in [0.25, 0.3) is 0 Å². The fraction of sp³-hybridized carbons (Fsp3) is 0.0909. The number of rotatable bonds is 1. The molecule has 0 saturated carbocycles. The number of benzene rings is 3. The Hall–Kier alpha value is -3.18. The van der Waals surface area contributed by atoms with Crippen molar-refractivity contribution in [3.8, 4) is 17.3 Å². The van der Waals surface area contributed by atoms with Crippen molar-refractivity contribution >= 4 is 21.5 Å². The number of aryl methyl sites for hydroxylation is 2. The Morgan fingerprint density at radius 3 is 2.38 bits per heavy atom. The molecule has 1 heterocycles. The molecule has 2 nitrogen and oxygen atoms in total. The van der Waals surface area contributed by atoms with Crippen LogP contribution >= 0.6 is 0 Å². The van der Waals surface area contributed by atoms with E-state index in [1.54, 1.807) is 0 Å². The monoisotopic (exact) mass is 308 g/mol. The summed E-state index contributed by atoms with van der Waals surface area (Å²) >= 11 is 0. The molecule has 0 atom stereocenters. The average molecular weight is 308 g/mol. The summed E-state index contributed by atoms with van der Waals surface area (Å²) < 4.78 is 0. The summed E-state index contributed by atoms with van der Waals surface area (Å²) in [4.78, 5) is 4.62. The van der Waals surface area contributed by atoms with Crippen LogP contribution in [-0.2, 0) is 0 Å². The van der Waals surface area contributed by atoms with E-state index in [1.807, 2.05) is 36.5 Å². The van der Waals surface area contributed by atoms with Gasteiger partial charge in [0.2, 0.25) is 0 Å². The van der Waals surface area contributed by atoms with Crippen LogP contribution in [0.3, 0.4) is 0 Å². The Morgan fingerprint density at radius 2 is 1.62 bits per heavy atom. The second kappa shape index (κ2) is 5.47. The van der Waals surface area contributed by atoms with Crippen molar-refractivity contribution in [3.63, 3.8) is 0 Å². The van der Waals surface area contributed by atoms with Gasteiger partial charge in [0.05, 0.1) is 17.3 Å². The molecule has 0 spiro atoms. The van der Waals surface area contributed by atoms with Gasteiger partial charge in [-0.2, -0.15) is 5.26 Å². The molecule has 0 radical (unpaired) electrons. The van der Waals surface area contributed by atoms with E-state index in [1.165, 1.54) is 11.1 Å². The molecule has 0 unspecified atom stereocenters. The summed E-state index contributed by atoms with van der Waals surface area (Å²) in [5.41, 5.74) is 5.00. The van der Waals surface area contributed by atoms with Gasteiger partial charge in [0.15, 0.2) is 0 Å². The zero-order valence-electron chi connectivity index (χ0n) is 13.7.